The molecule has 0 spiro atoms. The minimum Gasteiger partial charge on any atom is -0.478 e. The number of carboxylic acids is 1. The summed E-state index contributed by atoms with van der Waals surface area (Å²) in [5.41, 5.74) is -1.95. The zero-order valence-electron chi connectivity index (χ0n) is 7.71. The fourth-order valence-electron chi connectivity index (χ4n) is 1.13. The van der Waals surface area contributed by atoms with Gasteiger partial charge in [-0.15, -0.1) is 0 Å². The van der Waals surface area contributed by atoms with Crippen molar-refractivity contribution in [3.63, 3.8) is 0 Å². The molecule has 0 aliphatic rings. The van der Waals surface area contributed by atoms with Crippen LogP contribution >= 0.6 is 0 Å². The van der Waals surface area contributed by atoms with E-state index in [9.17, 15) is 18.0 Å². The summed E-state index contributed by atoms with van der Waals surface area (Å²) in [6.45, 7) is -0.129. The van der Waals surface area contributed by atoms with Crippen LogP contribution in [0.2, 0.25) is 0 Å². The smallest absolute Gasteiger partial charge is 0.418 e. The van der Waals surface area contributed by atoms with Crippen molar-refractivity contribution in [3.8, 4) is 0 Å². The van der Waals surface area contributed by atoms with Crippen LogP contribution < -0.4 is 0 Å². The Bertz CT molecular complexity index is 370. The largest absolute Gasteiger partial charge is 0.478 e. The Kier molecular flexibility index (Phi) is 3.04. The first kappa shape index (κ1) is 11.6. The topological polar surface area (TPSA) is 51.5 Å². The van der Waals surface area contributed by atoms with Crippen LogP contribution in [0, 0.1) is 0 Å². The fourth-order valence-corrected chi connectivity index (χ4v) is 1.13. The van der Waals surface area contributed by atoms with E-state index in [1.54, 1.807) is 0 Å². The second-order valence-electron chi connectivity index (χ2n) is 2.82. The summed E-state index contributed by atoms with van der Waals surface area (Å²) >= 11 is 0. The van der Waals surface area contributed by atoms with Crippen LogP contribution in [0.1, 0.15) is 15.9 Å². The summed E-state index contributed by atoms with van der Waals surface area (Å²) in [7, 11) is 1.30. The van der Waals surface area contributed by atoms with E-state index in [1.165, 1.54) is 7.11 Å². The van der Waals surface area contributed by atoms with Gasteiger partial charge >= 0.3 is 12.1 Å². The fraction of sp³-hybridized carbons (Fsp3) is 0.375. The van der Waals surface area contributed by atoms with Gasteiger partial charge in [0.1, 0.15) is 6.73 Å². The Hall–Kier alpha value is -1.50. The quantitative estimate of drug-likeness (QED) is 0.850. The number of halogens is 3. The zero-order chi connectivity index (χ0) is 11.6. The van der Waals surface area contributed by atoms with Gasteiger partial charge in [0.2, 0.25) is 0 Å². The minimum absolute atomic E-state index is 0.129. The van der Waals surface area contributed by atoms with E-state index >= 15 is 0 Å². The number of ether oxygens (including phenoxy) is 1. The molecule has 0 unspecified atom stereocenters. The third-order valence-electron chi connectivity index (χ3n) is 1.69. The predicted molar refractivity (Wildman–Crippen MR) is 43.4 cm³/mol. The van der Waals surface area contributed by atoms with Gasteiger partial charge in [0.05, 0.1) is 11.1 Å². The number of hydrogen-bond acceptors (Lipinski definition) is 2. The second kappa shape index (κ2) is 3.93. The molecule has 0 saturated heterocycles. The molecule has 0 aliphatic heterocycles. The van der Waals surface area contributed by atoms with Crippen LogP contribution in [-0.2, 0) is 17.6 Å². The summed E-state index contributed by atoms with van der Waals surface area (Å²) in [6, 6.07) is 0. The first-order chi connectivity index (χ1) is 6.86. The van der Waals surface area contributed by atoms with E-state index < -0.39 is 23.3 Å². The number of aromatic carboxylic acids is 1. The van der Waals surface area contributed by atoms with Crippen molar-refractivity contribution >= 4 is 5.97 Å². The number of methoxy groups -OCH3 is 1. The van der Waals surface area contributed by atoms with Crippen molar-refractivity contribution < 1.29 is 27.8 Å². The molecule has 0 aromatic carbocycles. The van der Waals surface area contributed by atoms with Crippen LogP contribution in [0.3, 0.4) is 0 Å². The molecular formula is C8H8F3NO3. The Labute approximate surface area is 82.9 Å². The van der Waals surface area contributed by atoms with Crippen molar-refractivity contribution in [1.82, 2.24) is 4.57 Å². The molecule has 0 radical (unpaired) electrons. The van der Waals surface area contributed by atoms with E-state index in [4.69, 9.17) is 5.11 Å². The van der Waals surface area contributed by atoms with Gasteiger partial charge in [0, 0.05) is 19.5 Å². The van der Waals surface area contributed by atoms with Crippen molar-refractivity contribution in [1.29, 1.82) is 0 Å². The van der Waals surface area contributed by atoms with Gasteiger partial charge in [0.25, 0.3) is 0 Å². The number of carbonyl (C=O) groups is 1. The summed E-state index contributed by atoms with van der Waals surface area (Å²) in [6.07, 6.45) is -3.09. The van der Waals surface area contributed by atoms with E-state index in [-0.39, 0.29) is 6.73 Å². The van der Waals surface area contributed by atoms with Gasteiger partial charge in [-0.2, -0.15) is 13.2 Å². The summed E-state index contributed by atoms with van der Waals surface area (Å²) < 4.78 is 42.6. The van der Waals surface area contributed by atoms with Gasteiger partial charge < -0.3 is 14.4 Å². The Morgan fingerprint density at radius 1 is 1.53 bits per heavy atom. The van der Waals surface area contributed by atoms with Crippen LogP contribution in [0.4, 0.5) is 13.2 Å². The molecule has 0 aliphatic carbocycles. The third kappa shape index (κ3) is 2.50. The SMILES string of the molecule is COCn1cc(C(=O)O)c(C(F)(F)F)c1. The molecule has 7 heteroatoms. The van der Waals surface area contributed by atoms with Gasteiger partial charge in [-0.3, -0.25) is 0 Å². The highest BCUT2D eigenvalue weighted by Crippen LogP contribution is 2.32. The molecule has 4 nitrogen and oxygen atoms in total. The maximum Gasteiger partial charge on any atom is 0.418 e. The number of alkyl halides is 3. The average Bonchev–Trinajstić information content (AvgIpc) is 2.48. The van der Waals surface area contributed by atoms with Crippen LogP contribution in [0.5, 0.6) is 0 Å². The lowest BCUT2D eigenvalue weighted by atomic mass is 10.2. The first-order valence-electron chi connectivity index (χ1n) is 3.85. The number of nitrogens with zero attached hydrogens (tertiary/aromatic N) is 1. The van der Waals surface area contributed by atoms with Gasteiger partial charge in [0.15, 0.2) is 0 Å². The number of aromatic nitrogens is 1. The molecule has 1 heterocycles. The highest BCUT2D eigenvalue weighted by atomic mass is 19.4. The van der Waals surface area contributed by atoms with Gasteiger partial charge in [-0.25, -0.2) is 4.79 Å². The maximum absolute atomic E-state index is 12.3. The normalized spacial score (nSPS) is 11.7. The molecule has 0 atom stereocenters. The van der Waals surface area contributed by atoms with Crippen LogP contribution in [0.25, 0.3) is 0 Å². The second-order valence-corrected chi connectivity index (χ2v) is 2.82. The molecular weight excluding hydrogens is 215 g/mol. The lowest BCUT2D eigenvalue weighted by Crippen LogP contribution is -2.09. The molecule has 1 aromatic rings. The van der Waals surface area contributed by atoms with Crippen molar-refractivity contribution in [2.75, 3.05) is 7.11 Å². The monoisotopic (exact) mass is 223 g/mol. The molecule has 0 bridgehead atoms. The molecule has 1 N–H and O–H groups in total. The average molecular weight is 223 g/mol. The minimum atomic E-state index is -4.67. The zero-order valence-corrected chi connectivity index (χ0v) is 7.71. The molecule has 0 amide bonds. The molecule has 0 fully saturated rings. The van der Waals surface area contributed by atoms with E-state index in [2.05, 4.69) is 4.74 Å². The van der Waals surface area contributed by atoms with Crippen molar-refractivity contribution in [2.45, 2.75) is 12.9 Å². The number of rotatable bonds is 3. The predicted octanol–water partition coefficient (Wildman–Crippen LogP) is 1.81. The molecule has 1 aromatic heterocycles. The molecule has 1 rings (SSSR count). The number of hydrogen-bond donors (Lipinski definition) is 1. The summed E-state index contributed by atoms with van der Waals surface area (Å²) in [5, 5.41) is 8.56. The molecule has 15 heavy (non-hydrogen) atoms. The highest BCUT2D eigenvalue weighted by Gasteiger charge is 2.36. The standard InChI is InChI=1S/C8H8F3NO3/c1-15-4-12-2-5(7(13)14)6(3-12)8(9,10)11/h2-3H,4H2,1H3,(H,13,14). The molecule has 84 valence electrons. The lowest BCUT2D eigenvalue weighted by Gasteiger charge is -2.04. The number of carboxylic acid groups (broad SMARTS) is 1. The van der Waals surface area contributed by atoms with E-state index in [0.717, 1.165) is 10.8 Å². The van der Waals surface area contributed by atoms with Crippen molar-refractivity contribution in [3.05, 3.63) is 23.5 Å². The van der Waals surface area contributed by atoms with Gasteiger partial charge in [-0.1, -0.05) is 0 Å². The Balaban J connectivity index is 3.18. The first-order valence-corrected chi connectivity index (χ1v) is 3.85. The van der Waals surface area contributed by atoms with E-state index in [0.29, 0.717) is 6.20 Å². The van der Waals surface area contributed by atoms with Crippen LogP contribution in [-0.4, -0.2) is 22.8 Å². The molecule has 0 saturated carbocycles. The third-order valence-corrected chi connectivity index (χ3v) is 1.69. The maximum atomic E-state index is 12.3. The highest BCUT2D eigenvalue weighted by molar-refractivity contribution is 5.89. The van der Waals surface area contributed by atoms with E-state index in [1.807, 2.05) is 0 Å². The van der Waals surface area contributed by atoms with Gasteiger partial charge in [-0.05, 0) is 0 Å². The summed E-state index contributed by atoms with van der Waals surface area (Å²) in [4.78, 5) is 10.5. The Morgan fingerprint density at radius 3 is 2.47 bits per heavy atom. The summed E-state index contributed by atoms with van der Waals surface area (Å²) in [5.74, 6) is -1.61. The lowest BCUT2D eigenvalue weighted by molar-refractivity contribution is -0.138. The van der Waals surface area contributed by atoms with Crippen molar-refractivity contribution in [2.24, 2.45) is 0 Å². The van der Waals surface area contributed by atoms with Crippen LogP contribution in [0.15, 0.2) is 12.4 Å². The Morgan fingerprint density at radius 2 is 2.13 bits per heavy atom.